The molecule has 3 N–H and O–H groups in total. The number of hydrogen-bond donors (Lipinski definition) is 2. The molecule has 0 unspecified atom stereocenters. The number of amidine groups is 1. The van der Waals surface area contributed by atoms with Gasteiger partial charge in [-0.2, -0.15) is 0 Å². The van der Waals surface area contributed by atoms with Crippen LogP contribution in [0.3, 0.4) is 0 Å². The van der Waals surface area contributed by atoms with Crippen LogP contribution in [0, 0.1) is 0 Å². The van der Waals surface area contributed by atoms with Crippen molar-refractivity contribution in [3.05, 3.63) is 23.2 Å². The number of rotatable bonds is 0. The van der Waals surface area contributed by atoms with Gasteiger partial charge in [0.15, 0.2) is 0 Å². The van der Waals surface area contributed by atoms with Crippen molar-refractivity contribution in [3.8, 4) is 0 Å². The summed E-state index contributed by atoms with van der Waals surface area (Å²) in [6.45, 7) is 0. The van der Waals surface area contributed by atoms with Crippen LogP contribution in [0.1, 0.15) is 0 Å². The summed E-state index contributed by atoms with van der Waals surface area (Å²) in [5, 5.41) is 0.741. The van der Waals surface area contributed by atoms with Crippen LogP contribution in [-0.2, 0) is 0 Å². The Morgan fingerprint density at radius 2 is 2.38 bits per heavy atom. The summed E-state index contributed by atoms with van der Waals surface area (Å²) < 4.78 is 0. The maximum absolute atomic E-state index is 5.84. The van der Waals surface area contributed by atoms with E-state index in [0.717, 1.165) is 27.2 Å². The van der Waals surface area contributed by atoms with E-state index in [1.165, 1.54) is 0 Å². The lowest BCUT2D eigenvalue weighted by Gasteiger charge is -2.14. The van der Waals surface area contributed by atoms with E-state index in [1.54, 1.807) is 11.8 Å². The van der Waals surface area contributed by atoms with Crippen molar-refractivity contribution in [2.75, 3.05) is 5.75 Å². The van der Waals surface area contributed by atoms with Crippen LogP contribution >= 0.6 is 23.4 Å². The summed E-state index contributed by atoms with van der Waals surface area (Å²) in [7, 11) is 0. The van der Waals surface area contributed by atoms with Gasteiger partial charge in [0, 0.05) is 9.92 Å². The molecule has 0 bridgehead atoms. The quantitative estimate of drug-likeness (QED) is 0.512. The SMILES string of the molecule is NNC1=Nc2ccc(Cl)cc2SC1. The zero-order valence-corrected chi connectivity index (χ0v) is 8.32. The molecular weight excluding hydrogens is 206 g/mol. The second-order valence-electron chi connectivity index (χ2n) is 2.60. The largest absolute Gasteiger partial charge is 0.311 e. The maximum Gasteiger partial charge on any atom is 0.127 e. The van der Waals surface area contributed by atoms with Gasteiger partial charge >= 0.3 is 0 Å². The maximum atomic E-state index is 5.84. The Bertz CT molecular complexity index is 364. The highest BCUT2D eigenvalue weighted by Crippen LogP contribution is 2.35. The number of benzene rings is 1. The van der Waals surface area contributed by atoms with Crippen LogP contribution in [0.4, 0.5) is 5.69 Å². The first-order valence-electron chi connectivity index (χ1n) is 3.76. The molecular formula is C8H8ClN3S. The molecule has 0 radical (unpaired) electrons. The molecule has 1 aliphatic rings. The Labute approximate surface area is 85.3 Å². The molecule has 0 saturated heterocycles. The predicted octanol–water partition coefficient (Wildman–Crippen LogP) is 1.94. The van der Waals surface area contributed by atoms with Gasteiger partial charge in [0.25, 0.3) is 0 Å². The standard InChI is InChI=1S/C8H8ClN3S/c9-5-1-2-6-7(3-5)13-4-8(11-6)12-10/h1-3H,4,10H2,(H,11,12). The van der Waals surface area contributed by atoms with Crippen molar-refractivity contribution in [2.24, 2.45) is 10.8 Å². The Kier molecular flexibility index (Phi) is 2.44. The molecule has 1 aromatic rings. The van der Waals surface area contributed by atoms with Crippen LogP contribution in [-0.4, -0.2) is 11.6 Å². The van der Waals surface area contributed by atoms with E-state index in [4.69, 9.17) is 17.4 Å². The number of hydrazine groups is 1. The van der Waals surface area contributed by atoms with E-state index in [2.05, 4.69) is 10.4 Å². The number of halogens is 1. The smallest absolute Gasteiger partial charge is 0.127 e. The van der Waals surface area contributed by atoms with Crippen molar-refractivity contribution in [2.45, 2.75) is 4.90 Å². The number of fused-ring (bicyclic) bond motifs is 1. The Hall–Kier alpha value is -0.710. The normalized spacial score (nSPS) is 14.8. The zero-order chi connectivity index (χ0) is 9.26. The fraction of sp³-hybridized carbons (Fsp3) is 0.125. The molecule has 1 aliphatic heterocycles. The van der Waals surface area contributed by atoms with E-state index in [9.17, 15) is 0 Å². The molecule has 2 rings (SSSR count). The van der Waals surface area contributed by atoms with Gasteiger partial charge in [-0.05, 0) is 18.2 Å². The zero-order valence-electron chi connectivity index (χ0n) is 6.75. The lowest BCUT2D eigenvalue weighted by Crippen LogP contribution is -2.32. The second-order valence-corrected chi connectivity index (χ2v) is 4.06. The molecule has 0 saturated carbocycles. The third kappa shape index (κ3) is 1.80. The first kappa shape index (κ1) is 8.87. The average Bonchev–Trinajstić information content (AvgIpc) is 2.17. The fourth-order valence-corrected chi connectivity index (χ4v) is 2.24. The Morgan fingerprint density at radius 1 is 1.54 bits per heavy atom. The third-order valence-electron chi connectivity index (χ3n) is 1.71. The van der Waals surface area contributed by atoms with Gasteiger partial charge in [-0.3, -0.25) is 0 Å². The van der Waals surface area contributed by atoms with Gasteiger partial charge in [-0.25, -0.2) is 10.8 Å². The summed E-state index contributed by atoms with van der Waals surface area (Å²) in [6, 6.07) is 5.63. The van der Waals surface area contributed by atoms with E-state index in [1.807, 2.05) is 18.2 Å². The number of nitrogens with one attached hydrogen (secondary N) is 1. The molecule has 0 aliphatic carbocycles. The van der Waals surface area contributed by atoms with Crippen LogP contribution in [0.15, 0.2) is 28.1 Å². The fourth-order valence-electron chi connectivity index (χ4n) is 1.09. The first-order chi connectivity index (χ1) is 6.29. The summed E-state index contributed by atoms with van der Waals surface area (Å²) >= 11 is 7.52. The molecule has 13 heavy (non-hydrogen) atoms. The molecule has 1 aromatic carbocycles. The molecule has 3 nitrogen and oxygen atoms in total. The highest BCUT2D eigenvalue weighted by Gasteiger charge is 2.11. The van der Waals surface area contributed by atoms with E-state index >= 15 is 0 Å². The van der Waals surface area contributed by atoms with Gasteiger partial charge in [0.2, 0.25) is 0 Å². The molecule has 5 heteroatoms. The highest BCUT2D eigenvalue weighted by atomic mass is 35.5. The summed E-state index contributed by atoms with van der Waals surface area (Å²) in [4.78, 5) is 5.41. The second kappa shape index (κ2) is 3.57. The van der Waals surface area contributed by atoms with Crippen molar-refractivity contribution < 1.29 is 0 Å². The van der Waals surface area contributed by atoms with Crippen molar-refractivity contribution in [1.29, 1.82) is 0 Å². The molecule has 1 heterocycles. The van der Waals surface area contributed by atoms with E-state index in [-0.39, 0.29) is 0 Å². The van der Waals surface area contributed by atoms with Gasteiger partial charge in [-0.15, -0.1) is 11.8 Å². The Morgan fingerprint density at radius 3 is 3.15 bits per heavy atom. The van der Waals surface area contributed by atoms with Gasteiger partial charge in [0.05, 0.1) is 11.4 Å². The van der Waals surface area contributed by atoms with Crippen molar-refractivity contribution in [3.63, 3.8) is 0 Å². The Balaban J connectivity index is 2.42. The van der Waals surface area contributed by atoms with Gasteiger partial charge in [0.1, 0.15) is 5.84 Å². The number of thioether (sulfide) groups is 1. The minimum atomic E-state index is 0.741. The topological polar surface area (TPSA) is 50.4 Å². The average molecular weight is 214 g/mol. The molecule has 0 amide bonds. The number of nitrogens with zero attached hydrogens (tertiary/aromatic N) is 1. The number of hydrogen-bond acceptors (Lipinski definition) is 4. The third-order valence-corrected chi connectivity index (χ3v) is 3.00. The predicted molar refractivity (Wildman–Crippen MR) is 56.6 cm³/mol. The number of aliphatic imine (C=N–C) groups is 1. The summed E-state index contributed by atoms with van der Waals surface area (Å²) in [6.07, 6.45) is 0. The minimum Gasteiger partial charge on any atom is -0.311 e. The monoisotopic (exact) mass is 213 g/mol. The van der Waals surface area contributed by atoms with Crippen LogP contribution < -0.4 is 11.3 Å². The first-order valence-corrected chi connectivity index (χ1v) is 5.12. The molecule has 0 atom stereocenters. The van der Waals surface area contributed by atoms with E-state index in [0.29, 0.717) is 0 Å². The van der Waals surface area contributed by atoms with Crippen molar-refractivity contribution in [1.82, 2.24) is 5.43 Å². The lowest BCUT2D eigenvalue weighted by atomic mass is 10.3. The van der Waals surface area contributed by atoms with Crippen LogP contribution in [0.5, 0.6) is 0 Å². The number of nitrogens with two attached hydrogens (primary N) is 1. The molecule has 0 spiro atoms. The van der Waals surface area contributed by atoms with E-state index < -0.39 is 0 Å². The van der Waals surface area contributed by atoms with Crippen LogP contribution in [0.25, 0.3) is 0 Å². The summed E-state index contributed by atoms with van der Waals surface area (Å²) in [5.41, 5.74) is 3.48. The van der Waals surface area contributed by atoms with Crippen molar-refractivity contribution >= 4 is 34.9 Å². The molecule has 0 fully saturated rings. The molecule has 0 aromatic heterocycles. The molecule has 68 valence electrons. The minimum absolute atomic E-state index is 0.741. The summed E-state index contributed by atoms with van der Waals surface area (Å²) in [5.74, 6) is 6.83. The highest BCUT2D eigenvalue weighted by molar-refractivity contribution is 8.00. The lowest BCUT2D eigenvalue weighted by molar-refractivity contribution is 1.01. The van der Waals surface area contributed by atoms with Crippen LogP contribution in [0.2, 0.25) is 5.02 Å². The van der Waals surface area contributed by atoms with Gasteiger partial charge < -0.3 is 5.43 Å². The van der Waals surface area contributed by atoms with Gasteiger partial charge in [-0.1, -0.05) is 11.6 Å².